The van der Waals surface area contributed by atoms with Gasteiger partial charge in [-0.1, -0.05) is 73.2 Å². The molecule has 1 atom stereocenters. The van der Waals surface area contributed by atoms with Crippen molar-refractivity contribution in [3.63, 3.8) is 0 Å². The molecule has 0 heterocycles. The fourth-order valence-corrected chi connectivity index (χ4v) is 2.26. The Balaban J connectivity index is 1.83. The molecule has 1 nitrogen and oxygen atoms in total. The maximum Gasteiger partial charge on any atom is 0.155 e. The van der Waals surface area contributed by atoms with E-state index in [4.69, 9.17) is 0 Å². The zero-order valence-electron chi connectivity index (χ0n) is 12.8. The van der Waals surface area contributed by atoms with Gasteiger partial charge in [-0.05, 0) is 36.5 Å². The molecule has 0 aliphatic rings. The topological polar surface area (TPSA) is 17.1 Å². The van der Waals surface area contributed by atoms with Gasteiger partial charge in [0.2, 0.25) is 0 Å². The highest BCUT2D eigenvalue weighted by Gasteiger charge is 2.07. The summed E-state index contributed by atoms with van der Waals surface area (Å²) < 4.78 is 0. The lowest BCUT2D eigenvalue weighted by atomic mass is 9.94. The minimum absolute atomic E-state index is 0.192. The first-order chi connectivity index (χ1) is 10.1. The van der Waals surface area contributed by atoms with E-state index >= 15 is 0 Å². The first-order valence-electron chi connectivity index (χ1n) is 7.47. The number of allylic oxidation sites excluding steroid dienone is 1. The molecule has 2 rings (SSSR count). The highest BCUT2D eigenvalue weighted by atomic mass is 16.1. The van der Waals surface area contributed by atoms with E-state index in [1.807, 2.05) is 36.4 Å². The van der Waals surface area contributed by atoms with Gasteiger partial charge in [-0.2, -0.15) is 0 Å². The van der Waals surface area contributed by atoms with Crippen LogP contribution < -0.4 is 0 Å². The van der Waals surface area contributed by atoms with Crippen molar-refractivity contribution in [2.45, 2.75) is 32.6 Å². The van der Waals surface area contributed by atoms with Crippen molar-refractivity contribution in [3.05, 3.63) is 77.4 Å². The van der Waals surface area contributed by atoms with Crippen LogP contribution in [0.5, 0.6) is 0 Å². The Morgan fingerprint density at radius 2 is 1.71 bits per heavy atom. The lowest BCUT2D eigenvalue weighted by molar-refractivity contribution is -0.114. The normalized spacial score (nSPS) is 12.5. The molecule has 0 fully saturated rings. The molecule has 0 amide bonds. The standard InChI is InChI=1S/C20H22O/c1-16-8-12-19(13-9-16)17(2)10-14-20(21)15-11-18-6-4-3-5-7-18/h3-9,11-13,15,17H,10,14H2,1-2H3/t17-/m0/s1. The Morgan fingerprint density at radius 1 is 1.05 bits per heavy atom. The molecular weight excluding hydrogens is 256 g/mol. The van der Waals surface area contributed by atoms with Crippen LogP contribution in [0.4, 0.5) is 0 Å². The highest BCUT2D eigenvalue weighted by molar-refractivity contribution is 5.93. The Labute approximate surface area is 127 Å². The van der Waals surface area contributed by atoms with Gasteiger partial charge >= 0.3 is 0 Å². The van der Waals surface area contributed by atoms with Gasteiger partial charge in [0, 0.05) is 6.42 Å². The van der Waals surface area contributed by atoms with E-state index in [9.17, 15) is 4.79 Å². The molecule has 0 aliphatic heterocycles. The average Bonchev–Trinajstić information content (AvgIpc) is 2.52. The van der Waals surface area contributed by atoms with Gasteiger partial charge in [0.05, 0.1) is 0 Å². The highest BCUT2D eigenvalue weighted by Crippen LogP contribution is 2.21. The van der Waals surface area contributed by atoms with E-state index in [2.05, 4.69) is 38.1 Å². The summed E-state index contributed by atoms with van der Waals surface area (Å²) in [6.45, 7) is 4.27. The van der Waals surface area contributed by atoms with Crippen molar-refractivity contribution in [2.24, 2.45) is 0 Å². The fourth-order valence-electron chi connectivity index (χ4n) is 2.26. The maximum atomic E-state index is 11.9. The molecule has 1 heteroatoms. The lowest BCUT2D eigenvalue weighted by Gasteiger charge is -2.10. The second kappa shape index (κ2) is 7.58. The number of hydrogen-bond acceptors (Lipinski definition) is 1. The number of benzene rings is 2. The summed E-state index contributed by atoms with van der Waals surface area (Å²) in [6.07, 6.45) is 5.06. The van der Waals surface area contributed by atoms with E-state index in [1.165, 1.54) is 11.1 Å². The molecule has 0 saturated heterocycles. The largest absolute Gasteiger partial charge is 0.295 e. The van der Waals surface area contributed by atoms with Crippen LogP contribution >= 0.6 is 0 Å². The Hall–Kier alpha value is -2.15. The molecule has 0 saturated carbocycles. The van der Waals surface area contributed by atoms with Gasteiger partial charge in [-0.25, -0.2) is 0 Å². The van der Waals surface area contributed by atoms with E-state index in [1.54, 1.807) is 6.08 Å². The fraction of sp³-hybridized carbons (Fsp3) is 0.250. The van der Waals surface area contributed by atoms with Crippen molar-refractivity contribution in [1.29, 1.82) is 0 Å². The van der Waals surface area contributed by atoms with Crippen LogP contribution in [0.1, 0.15) is 42.4 Å². The molecule has 2 aromatic rings. The zero-order valence-corrected chi connectivity index (χ0v) is 12.8. The van der Waals surface area contributed by atoms with Crippen LogP contribution in [-0.2, 0) is 4.79 Å². The summed E-state index contributed by atoms with van der Waals surface area (Å²) in [5.74, 6) is 0.609. The summed E-state index contributed by atoms with van der Waals surface area (Å²) in [4.78, 5) is 11.9. The van der Waals surface area contributed by atoms with Gasteiger partial charge in [-0.15, -0.1) is 0 Å². The van der Waals surface area contributed by atoms with Gasteiger partial charge in [0.15, 0.2) is 5.78 Å². The monoisotopic (exact) mass is 278 g/mol. The number of rotatable bonds is 6. The van der Waals surface area contributed by atoms with Gasteiger partial charge in [0.1, 0.15) is 0 Å². The molecular formula is C20H22O. The summed E-state index contributed by atoms with van der Waals surface area (Å²) in [5.41, 5.74) is 3.64. The first kappa shape index (κ1) is 15.2. The Bertz CT molecular complexity index is 593. The predicted octanol–water partition coefficient (Wildman–Crippen LogP) is 5.16. The summed E-state index contributed by atoms with van der Waals surface area (Å²) in [7, 11) is 0. The summed E-state index contributed by atoms with van der Waals surface area (Å²) in [6, 6.07) is 18.5. The second-order valence-corrected chi connectivity index (χ2v) is 5.56. The number of carbonyl (C=O) groups is 1. The smallest absolute Gasteiger partial charge is 0.155 e. The molecule has 0 unspecified atom stereocenters. The number of hydrogen-bond donors (Lipinski definition) is 0. The molecule has 0 N–H and O–H groups in total. The minimum atomic E-state index is 0.192. The quantitative estimate of drug-likeness (QED) is 0.667. The Morgan fingerprint density at radius 3 is 2.38 bits per heavy atom. The Kier molecular flexibility index (Phi) is 5.51. The molecule has 0 aromatic heterocycles. The van der Waals surface area contributed by atoms with Crippen LogP contribution in [0.25, 0.3) is 6.08 Å². The van der Waals surface area contributed by atoms with Gasteiger partial charge in [-0.3, -0.25) is 4.79 Å². The number of carbonyl (C=O) groups excluding carboxylic acids is 1. The molecule has 0 bridgehead atoms. The maximum absolute atomic E-state index is 11.9. The van der Waals surface area contributed by atoms with Crippen LogP contribution in [0.2, 0.25) is 0 Å². The van der Waals surface area contributed by atoms with Crippen molar-refractivity contribution >= 4 is 11.9 Å². The predicted molar refractivity (Wildman–Crippen MR) is 89.3 cm³/mol. The van der Waals surface area contributed by atoms with Crippen molar-refractivity contribution in [3.8, 4) is 0 Å². The van der Waals surface area contributed by atoms with Crippen LogP contribution in [0.15, 0.2) is 60.7 Å². The van der Waals surface area contributed by atoms with Crippen molar-refractivity contribution in [2.75, 3.05) is 0 Å². The number of ketones is 1. The molecule has 2 aromatic carbocycles. The molecule has 0 aliphatic carbocycles. The first-order valence-corrected chi connectivity index (χ1v) is 7.47. The van der Waals surface area contributed by atoms with E-state index in [-0.39, 0.29) is 5.78 Å². The third kappa shape index (κ3) is 5.03. The third-order valence-corrected chi connectivity index (χ3v) is 3.73. The summed E-state index contributed by atoms with van der Waals surface area (Å²) >= 11 is 0. The zero-order chi connectivity index (χ0) is 15.1. The van der Waals surface area contributed by atoms with Crippen molar-refractivity contribution < 1.29 is 4.79 Å². The second-order valence-electron chi connectivity index (χ2n) is 5.56. The third-order valence-electron chi connectivity index (χ3n) is 3.73. The minimum Gasteiger partial charge on any atom is -0.295 e. The molecule has 21 heavy (non-hydrogen) atoms. The lowest BCUT2D eigenvalue weighted by Crippen LogP contribution is -1.99. The van der Waals surface area contributed by atoms with Gasteiger partial charge < -0.3 is 0 Å². The van der Waals surface area contributed by atoms with E-state index < -0.39 is 0 Å². The molecule has 0 radical (unpaired) electrons. The van der Waals surface area contributed by atoms with Crippen LogP contribution in [0.3, 0.4) is 0 Å². The molecule has 0 spiro atoms. The van der Waals surface area contributed by atoms with Crippen molar-refractivity contribution in [1.82, 2.24) is 0 Å². The van der Waals surface area contributed by atoms with Gasteiger partial charge in [0.25, 0.3) is 0 Å². The average molecular weight is 278 g/mol. The van der Waals surface area contributed by atoms with E-state index in [0.29, 0.717) is 12.3 Å². The van der Waals surface area contributed by atoms with Crippen LogP contribution in [-0.4, -0.2) is 5.78 Å². The molecule has 108 valence electrons. The number of aryl methyl sites for hydroxylation is 1. The van der Waals surface area contributed by atoms with E-state index in [0.717, 1.165) is 12.0 Å². The SMILES string of the molecule is Cc1ccc([C@@H](C)CCC(=O)C=Cc2ccccc2)cc1. The van der Waals surface area contributed by atoms with Crippen LogP contribution in [0, 0.1) is 6.92 Å². The summed E-state index contributed by atoms with van der Waals surface area (Å²) in [5, 5.41) is 0.